The van der Waals surface area contributed by atoms with Crippen molar-refractivity contribution < 1.29 is 19.1 Å². The van der Waals surface area contributed by atoms with E-state index in [1.807, 2.05) is 0 Å². The third-order valence-corrected chi connectivity index (χ3v) is 3.88. The van der Waals surface area contributed by atoms with Crippen LogP contribution in [0.3, 0.4) is 0 Å². The van der Waals surface area contributed by atoms with Gasteiger partial charge >= 0.3 is 12.0 Å². The standard InChI is InChI=1S/C17H23N3O4/c1-3-24-16(22)14-5-7-15(8-6-14)18-17(23)20-10-4-9-19(11-12-20)13(2)21/h5-8H,3-4,9-12H2,1-2H3,(H,18,23). The van der Waals surface area contributed by atoms with E-state index in [9.17, 15) is 14.4 Å². The van der Waals surface area contributed by atoms with E-state index in [4.69, 9.17) is 4.74 Å². The largest absolute Gasteiger partial charge is 0.462 e. The van der Waals surface area contributed by atoms with Crippen LogP contribution in [0, 0.1) is 0 Å². The molecule has 0 spiro atoms. The number of carbonyl (C=O) groups is 3. The lowest BCUT2D eigenvalue weighted by atomic mass is 10.2. The summed E-state index contributed by atoms with van der Waals surface area (Å²) < 4.78 is 4.92. The van der Waals surface area contributed by atoms with Gasteiger partial charge < -0.3 is 19.9 Å². The fourth-order valence-electron chi connectivity index (χ4n) is 2.54. The predicted molar refractivity (Wildman–Crippen MR) is 89.9 cm³/mol. The molecule has 0 atom stereocenters. The number of hydrogen-bond acceptors (Lipinski definition) is 4. The zero-order chi connectivity index (χ0) is 17.5. The van der Waals surface area contributed by atoms with E-state index in [1.54, 1.807) is 47.9 Å². The highest BCUT2D eigenvalue weighted by atomic mass is 16.5. The molecule has 1 aliphatic heterocycles. The minimum atomic E-state index is -0.382. The van der Waals surface area contributed by atoms with Crippen LogP contribution in [0.2, 0.25) is 0 Å². The van der Waals surface area contributed by atoms with Crippen LogP contribution in [0.4, 0.5) is 10.5 Å². The molecule has 3 amide bonds. The maximum absolute atomic E-state index is 12.3. The summed E-state index contributed by atoms with van der Waals surface area (Å²) in [7, 11) is 0. The van der Waals surface area contributed by atoms with Crippen LogP contribution in [0.5, 0.6) is 0 Å². The van der Waals surface area contributed by atoms with Gasteiger partial charge in [0.05, 0.1) is 12.2 Å². The molecule has 24 heavy (non-hydrogen) atoms. The van der Waals surface area contributed by atoms with Gasteiger partial charge in [-0.2, -0.15) is 0 Å². The molecule has 7 heteroatoms. The third kappa shape index (κ3) is 4.71. The Labute approximate surface area is 141 Å². The summed E-state index contributed by atoms with van der Waals surface area (Å²) in [5.41, 5.74) is 1.06. The fourth-order valence-corrected chi connectivity index (χ4v) is 2.54. The van der Waals surface area contributed by atoms with Gasteiger partial charge in [0, 0.05) is 38.8 Å². The number of nitrogens with zero attached hydrogens (tertiary/aromatic N) is 2. The fraction of sp³-hybridized carbons (Fsp3) is 0.471. The van der Waals surface area contributed by atoms with E-state index in [-0.39, 0.29) is 17.9 Å². The molecule has 7 nitrogen and oxygen atoms in total. The van der Waals surface area contributed by atoms with Crippen LogP contribution in [0.15, 0.2) is 24.3 Å². The number of hydrogen-bond donors (Lipinski definition) is 1. The van der Waals surface area contributed by atoms with Gasteiger partial charge in [-0.3, -0.25) is 4.79 Å². The lowest BCUT2D eigenvalue weighted by Gasteiger charge is -2.21. The second kappa shape index (κ2) is 8.33. The number of amides is 3. The first-order valence-corrected chi connectivity index (χ1v) is 8.10. The van der Waals surface area contributed by atoms with Crippen molar-refractivity contribution in [2.24, 2.45) is 0 Å². The number of esters is 1. The van der Waals surface area contributed by atoms with Crippen molar-refractivity contribution in [3.63, 3.8) is 0 Å². The normalized spacial score (nSPS) is 14.8. The molecule has 1 saturated heterocycles. The molecular formula is C17H23N3O4. The van der Waals surface area contributed by atoms with Crippen LogP contribution < -0.4 is 5.32 Å². The van der Waals surface area contributed by atoms with Gasteiger partial charge in [-0.1, -0.05) is 0 Å². The first kappa shape index (κ1) is 17.8. The SMILES string of the molecule is CCOC(=O)c1ccc(NC(=O)N2CCCN(C(C)=O)CC2)cc1. The Hall–Kier alpha value is -2.57. The summed E-state index contributed by atoms with van der Waals surface area (Å²) in [5.74, 6) is -0.348. The first-order valence-electron chi connectivity index (χ1n) is 8.10. The van der Waals surface area contributed by atoms with Gasteiger partial charge in [-0.05, 0) is 37.6 Å². The average molecular weight is 333 g/mol. The molecule has 1 fully saturated rings. The van der Waals surface area contributed by atoms with E-state index in [1.165, 1.54) is 0 Å². The minimum absolute atomic E-state index is 0.0341. The maximum Gasteiger partial charge on any atom is 0.338 e. The van der Waals surface area contributed by atoms with E-state index in [2.05, 4.69) is 5.32 Å². The Bertz CT molecular complexity index is 600. The van der Waals surface area contributed by atoms with Crippen LogP contribution in [0.25, 0.3) is 0 Å². The third-order valence-electron chi connectivity index (χ3n) is 3.88. The summed E-state index contributed by atoms with van der Waals surface area (Å²) in [5, 5.41) is 2.81. The summed E-state index contributed by atoms with van der Waals surface area (Å²) in [6.45, 7) is 5.95. The number of ether oxygens (including phenoxy) is 1. The topological polar surface area (TPSA) is 79.0 Å². The van der Waals surface area contributed by atoms with Gasteiger partial charge in [-0.15, -0.1) is 0 Å². The van der Waals surface area contributed by atoms with Crippen molar-refractivity contribution in [1.29, 1.82) is 0 Å². The van der Waals surface area contributed by atoms with E-state index < -0.39 is 0 Å². The Morgan fingerprint density at radius 3 is 2.29 bits per heavy atom. The zero-order valence-corrected chi connectivity index (χ0v) is 14.1. The Balaban J connectivity index is 1.92. The highest BCUT2D eigenvalue weighted by molar-refractivity contribution is 5.92. The summed E-state index contributed by atoms with van der Waals surface area (Å²) >= 11 is 0. The lowest BCUT2D eigenvalue weighted by molar-refractivity contribution is -0.128. The monoisotopic (exact) mass is 333 g/mol. The summed E-state index contributed by atoms with van der Waals surface area (Å²) in [6.07, 6.45) is 0.759. The molecule has 1 aliphatic rings. The quantitative estimate of drug-likeness (QED) is 0.858. The Morgan fingerprint density at radius 2 is 1.67 bits per heavy atom. The Kier molecular flexibility index (Phi) is 6.17. The van der Waals surface area contributed by atoms with Gasteiger partial charge in [0.1, 0.15) is 0 Å². The molecule has 1 aromatic rings. The second-order valence-electron chi connectivity index (χ2n) is 5.57. The Morgan fingerprint density at radius 1 is 1.04 bits per heavy atom. The summed E-state index contributed by atoms with van der Waals surface area (Å²) in [6, 6.07) is 6.37. The van der Waals surface area contributed by atoms with Crippen molar-refractivity contribution in [2.75, 3.05) is 38.1 Å². The maximum atomic E-state index is 12.3. The van der Waals surface area contributed by atoms with Crippen LogP contribution in [-0.2, 0) is 9.53 Å². The summed E-state index contributed by atoms with van der Waals surface area (Å²) in [4.78, 5) is 38.8. The molecule has 0 radical (unpaired) electrons. The molecule has 0 saturated carbocycles. The zero-order valence-electron chi connectivity index (χ0n) is 14.1. The highest BCUT2D eigenvalue weighted by Crippen LogP contribution is 2.12. The second-order valence-corrected chi connectivity index (χ2v) is 5.57. The number of urea groups is 1. The highest BCUT2D eigenvalue weighted by Gasteiger charge is 2.20. The lowest BCUT2D eigenvalue weighted by Crippen LogP contribution is -2.38. The molecule has 130 valence electrons. The van der Waals surface area contributed by atoms with Crippen molar-refractivity contribution in [2.45, 2.75) is 20.3 Å². The number of anilines is 1. The van der Waals surface area contributed by atoms with Crippen molar-refractivity contribution in [1.82, 2.24) is 9.80 Å². The van der Waals surface area contributed by atoms with E-state index in [0.29, 0.717) is 44.0 Å². The number of rotatable bonds is 3. The van der Waals surface area contributed by atoms with Crippen molar-refractivity contribution >= 4 is 23.6 Å². The minimum Gasteiger partial charge on any atom is -0.462 e. The van der Waals surface area contributed by atoms with Gasteiger partial charge in [0.25, 0.3) is 0 Å². The number of nitrogens with one attached hydrogen (secondary N) is 1. The molecule has 1 heterocycles. The smallest absolute Gasteiger partial charge is 0.338 e. The molecule has 1 aromatic carbocycles. The van der Waals surface area contributed by atoms with Crippen LogP contribution in [-0.4, -0.2) is 60.5 Å². The number of carbonyl (C=O) groups excluding carboxylic acids is 3. The molecule has 0 aromatic heterocycles. The number of benzene rings is 1. The van der Waals surface area contributed by atoms with Crippen LogP contribution in [0.1, 0.15) is 30.6 Å². The van der Waals surface area contributed by atoms with Gasteiger partial charge in [0.2, 0.25) is 5.91 Å². The molecule has 1 N–H and O–H groups in total. The van der Waals surface area contributed by atoms with E-state index in [0.717, 1.165) is 6.42 Å². The molecule has 0 bridgehead atoms. The van der Waals surface area contributed by atoms with Gasteiger partial charge in [-0.25, -0.2) is 9.59 Å². The molecule has 2 rings (SSSR count). The van der Waals surface area contributed by atoms with Crippen molar-refractivity contribution in [3.05, 3.63) is 29.8 Å². The molecular weight excluding hydrogens is 310 g/mol. The van der Waals surface area contributed by atoms with Crippen LogP contribution >= 0.6 is 0 Å². The average Bonchev–Trinajstić information content (AvgIpc) is 2.82. The van der Waals surface area contributed by atoms with Crippen molar-refractivity contribution in [3.8, 4) is 0 Å². The van der Waals surface area contributed by atoms with Gasteiger partial charge in [0.15, 0.2) is 0 Å². The van der Waals surface area contributed by atoms with E-state index >= 15 is 0 Å². The molecule has 0 aliphatic carbocycles. The predicted octanol–water partition coefficient (Wildman–Crippen LogP) is 1.95. The first-order chi connectivity index (χ1) is 11.5. The molecule has 0 unspecified atom stereocenters.